The molecular weight excluding hydrogens is 170 g/mol. The van der Waals surface area contributed by atoms with Crippen LogP contribution in [0.25, 0.3) is 0 Å². The van der Waals surface area contributed by atoms with Crippen LogP contribution in [-0.4, -0.2) is 13.1 Å². The minimum atomic E-state index is 0.344. The van der Waals surface area contributed by atoms with Crippen LogP contribution in [0.1, 0.15) is 46.5 Å². The average Bonchev–Trinajstić information content (AvgIpc) is 2.95. The van der Waals surface area contributed by atoms with Crippen molar-refractivity contribution < 1.29 is 0 Å². The maximum atomic E-state index is 4.10. The Kier molecular flexibility index (Phi) is 4.18. The lowest BCUT2D eigenvalue weighted by molar-refractivity contribution is 0.343. The fourth-order valence-corrected chi connectivity index (χ4v) is 1.68. The van der Waals surface area contributed by atoms with Gasteiger partial charge in [0.05, 0.1) is 0 Å². The Bertz CT molecular complexity index is 193. The molecule has 0 aromatic heterocycles. The molecular formula is C13H25N. The molecule has 14 heavy (non-hydrogen) atoms. The molecule has 0 heterocycles. The summed E-state index contributed by atoms with van der Waals surface area (Å²) in [6.45, 7) is 13.2. The summed E-state index contributed by atoms with van der Waals surface area (Å²) in [5.41, 5.74) is 1.67. The first-order valence-corrected chi connectivity index (χ1v) is 5.95. The van der Waals surface area contributed by atoms with Gasteiger partial charge in [0.1, 0.15) is 0 Å². The first-order valence-electron chi connectivity index (χ1n) is 5.95. The summed E-state index contributed by atoms with van der Waals surface area (Å²) in [6, 6.07) is 0. The van der Waals surface area contributed by atoms with Gasteiger partial charge in [-0.05, 0) is 57.0 Å². The third-order valence-electron chi connectivity index (χ3n) is 3.79. The van der Waals surface area contributed by atoms with Crippen LogP contribution in [0.15, 0.2) is 12.2 Å². The molecule has 1 aliphatic carbocycles. The lowest BCUT2D eigenvalue weighted by Gasteiger charge is -2.29. The van der Waals surface area contributed by atoms with Gasteiger partial charge < -0.3 is 5.32 Å². The Morgan fingerprint density at radius 1 is 1.50 bits per heavy atom. The zero-order chi connectivity index (χ0) is 10.6. The first kappa shape index (κ1) is 11.8. The van der Waals surface area contributed by atoms with Crippen LogP contribution in [0.5, 0.6) is 0 Å². The highest BCUT2D eigenvalue weighted by molar-refractivity contribution is 5.04. The second-order valence-corrected chi connectivity index (χ2v) is 5.09. The molecule has 0 saturated heterocycles. The molecule has 0 amide bonds. The molecule has 1 nitrogen and oxygen atoms in total. The lowest BCUT2D eigenvalue weighted by Crippen LogP contribution is -2.26. The lowest BCUT2D eigenvalue weighted by atomic mass is 9.78. The normalized spacial score (nSPS) is 20.5. The van der Waals surface area contributed by atoms with E-state index in [1.807, 2.05) is 0 Å². The third-order valence-corrected chi connectivity index (χ3v) is 3.79. The predicted octanol–water partition coefficient (Wildman–Crippen LogP) is 3.37. The number of hydrogen-bond acceptors (Lipinski definition) is 1. The zero-order valence-corrected chi connectivity index (χ0v) is 10.0. The summed E-state index contributed by atoms with van der Waals surface area (Å²) >= 11 is 0. The van der Waals surface area contributed by atoms with E-state index in [0.29, 0.717) is 5.41 Å². The summed E-state index contributed by atoms with van der Waals surface area (Å²) in [5.74, 6) is 0.993. The van der Waals surface area contributed by atoms with Crippen LogP contribution in [0.2, 0.25) is 0 Å². The molecule has 0 radical (unpaired) electrons. The van der Waals surface area contributed by atoms with E-state index in [9.17, 15) is 0 Å². The van der Waals surface area contributed by atoms with Crippen molar-refractivity contribution in [2.45, 2.75) is 46.5 Å². The molecule has 82 valence electrons. The van der Waals surface area contributed by atoms with Gasteiger partial charge in [-0.2, -0.15) is 0 Å². The fraction of sp³-hybridized carbons (Fsp3) is 0.846. The molecule has 1 N–H and O–H groups in total. The van der Waals surface area contributed by atoms with Crippen LogP contribution in [0, 0.1) is 11.3 Å². The zero-order valence-electron chi connectivity index (χ0n) is 10.0. The molecule has 1 saturated carbocycles. The van der Waals surface area contributed by atoms with Crippen molar-refractivity contribution in [2.24, 2.45) is 11.3 Å². The number of rotatable bonds is 7. The monoisotopic (exact) mass is 195 g/mol. The van der Waals surface area contributed by atoms with Crippen LogP contribution in [0.4, 0.5) is 0 Å². The van der Waals surface area contributed by atoms with E-state index >= 15 is 0 Å². The van der Waals surface area contributed by atoms with Crippen LogP contribution in [-0.2, 0) is 0 Å². The number of nitrogens with one attached hydrogen (secondary N) is 1. The Hall–Kier alpha value is -0.300. The second-order valence-electron chi connectivity index (χ2n) is 5.09. The average molecular weight is 195 g/mol. The predicted molar refractivity (Wildman–Crippen MR) is 63.4 cm³/mol. The van der Waals surface area contributed by atoms with Crippen molar-refractivity contribution in [3.63, 3.8) is 0 Å². The molecule has 0 aromatic carbocycles. The molecule has 1 heteroatoms. The molecule has 0 aromatic rings. The van der Waals surface area contributed by atoms with Crippen molar-refractivity contribution in [3.05, 3.63) is 12.2 Å². The van der Waals surface area contributed by atoms with Gasteiger partial charge in [0, 0.05) is 0 Å². The van der Waals surface area contributed by atoms with Crippen LogP contribution < -0.4 is 5.32 Å². The fourth-order valence-electron chi connectivity index (χ4n) is 1.68. The maximum absolute atomic E-state index is 4.10. The highest BCUT2D eigenvalue weighted by Crippen LogP contribution is 2.33. The SMILES string of the molecule is C=C(C)[C@](C)(CC)CCNCC1CC1. The van der Waals surface area contributed by atoms with Gasteiger partial charge in [0.15, 0.2) is 0 Å². The number of hydrogen-bond donors (Lipinski definition) is 1. The minimum Gasteiger partial charge on any atom is -0.316 e. The summed E-state index contributed by atoms with van der Waals surface area (Å²) in [5, 5.41) is 3.55. The Morgan fingerprint density at radius 2 is 2.14 bits per heavy atom. The summed E-state index contributed by atoms with van der Waals surface area (Å²) < 4.78 is 0. The maximum Gasteiger partial charge on any atom is -0.00205 e. The molecule has 1 fully saturated rings. The summed E-state index contributed by atoms with van der Waals surface area (Å²) in [4.78, 5) is 0. The molecule has 1 rings (SSSR count). The van der Waals surface area contributed by atoms with Crippen molar-refractivity contribution in [2.75, 3.05) is 13.1 Å². The van der Waals surface area contributed by atoms with Crippen molar-refractivity contribution in [3.8, 4) is 0 Å². The Balaban J connectivity index is 2.15. The van der Waals surface area contributed by atoms with Gasteiger partial charge in [0.25, 0.3) is 0 Å². The van der Waals surface area contributed by atoms with E-state index in [1.165, 1.54) is 37.8 Å². The van der Waals surface area contributed by atoms with Crippen molar-refractivity contribution in [1.29, 1.82) is 0 Å². The van der Waals surface area contributed by atoms with Gasteiger partial charge in [-0.1, -0.05) is 26.0 Å². The topological polar surface area (TPSA) is 12.0 Å². The van der Waals surface area contributed by atoms with E-state index in [4.69, 9.17) is 0 Å². The molecule has 1 aliphatic rings. The van der Waals surface area contributed by atoms with E-state index in [1.54, 1.807) is 0 Å². The quantitative estimate of drug-likeness (QED) is 0.485. The van der Waals surface area contributed by atoms with Crippen molar-refractivity contribution >= 4 is 0 Å². The highest BCUT2D eigenvalue weighted by atomic mass is 14.9. The Morgan fingerprint density at radius 3 is 2.57 bits per heavy atom. The van der Waals surface area contributed by atoms with Gasteiger partial charge in [-0.3, -0.25) is 0 Å². The Labute approximate surface area is 89.0 Å². The van der Waals surface area contributed by atoms with Gasteiger partial charge in [0.2, 0.25) is 0 Å². The molecule has 0 aliphatic heterocycles. The molecule has 1 atom stereocenters. The van der Waals surface area contributed by atoms with E-state index < -0.39 is 0 Å². The largest absolute Gasteiger partial charge is 0.316 e. The van der Waals surface area contributed by atoms with Gasteiger partial charge >= 0.3 is 0 Å². The standard InChI is InChI=1S/C13H25N/c1-5-13(4,11(2)3)8-9-14-10-12-6-7-12/h12,14H,2,5-10H2,1,3-4H3/t13-/m1/s1. The molecule has 0 spiro atoms. The number of allylic oxidation sites excluding steroid dienone is 1. The summed E-state index contributed by atoms with van der Waals surface area (Å²) in [7, 11) is 0. The van der Waals surface area contributed by atoms with Crippen LogP contribution in [0.3, 0.4) is 0 Å². The van der Waals surface area contributed by atoms with Crippen LogP contribution >= 0.6 is 0 Å². The third kappa shape index (κ3) is 3.45. The molecule has 0 unspecified atom stereocenters. The molecule has 0 bridgehead atoms. The van der Waals surface area contributed by atoms with E-state index in [-0.39, 0.29) is 0 Å². The van der Waals surface area contributed by atoms with Gasteiger partial charge in [-0.25, -0.2) is 0 Å². The van der Waals surface area contributed by atoms with Gasteiger partial charge in [-0.15, -0.1) is 0 Å². The second kappa shape index (κ2) is 4.97. The van der Waals surface area contributed by atoms with E-state index in [2.05, 4.69) is 32.7 Å². The van der Waals surface area contributed by atoms with E-state index in [0.717, 1.165) is 12.5 Å². The first-order chi connectivity index (χ1) is 6.58. The highest BCUT2D eigenvalue weighted by Gasteiger charge is 2.23. The van der Waals surface area contributed by atoms with Crippen molar-refractivity contribution in [1.82, 2.24) is 5.32 Å². The minimum absolute atomic E-state index is 0.344. The summed E-state index contributed by atoms with van der Waals surface area (Å²) in [6.07, 6.45) is 5.32. The smallest absolute Gasteiger partial charge is 0.00205 e.